The van der Waals surface area contributed by atoms with Crippen LogP contribution in [0, 0.1) is 0 Å². The molecule has 1 rings (SSSR count). The van der Waals surface area contributed by atoms with E-state index in [0.717, 1.165) is 0 Å². The van der Waals surface area contributed by atoms with E-state index in [9.17, 15) is 0 Å². The molecule has 0 aliphatic heterocycles. The van der Waals surface area contributed by atoms with E-state index in [1.807, 2.05) is 0 Å². The van der Waals surface area contributed by atoms with Gasteiger partial charge in [-0.25, -0.2) is 9.97 Å². The fraction of sp³-hybridized carbons (Fsp3) is 0.200. The van der Waals surface area contributed by atoms with E-state index < -0.39 is 7.06 Å². The van der Waals surface area contributed by atoms with E-state index in [1.165, 1.54) is 12.5 Å². The van der Waals surface area contributed by atoms with Gasteiger partial charge < -0.3 is 4.74 Å². The van der Waals surface area contributed by atoms with E-state index in [4.69, 9.17) is 2.74 Å². The van der Waals surface area contributed by atoms with Crippen molar-refractivity contribution < 1.29 is 7.48 Å². The molecule has 0 bridgehead atoms. The highest BCUT2D eigenvalue weighted by molar-refractivity contribution is 9.10. The third-order valence-corrected chi connectivity index (χ3v) is 1.29. The first-order chi connectivity index (χ1) is 5.20. The molecule has 3 nitrogen and oxygen atoms in total. The van der Waals surface area contributed by atoms with Crippen molar-refractivity contribution in [3.63, 3.8) is 0 Å². The molecule has 0 aliphatic carbocycles. The number of halogens is 1. The normalized spacial score (nSPS) is 12.7. The maximum atomic E-state index is 6.77. The summed E-state index contributed by atoms with van der Waals surface area (Å²) in [7, 11) is -1.36. The van der Waals surface area contributed by atoms with Gasteiger partial charge in [-0.2, -0.15) is 0 Å². The molecule has 48 valence electrons. The summed E-state index contributed by atoms with van der Waals surface area (Å²) in [5, 5.41) is 0. The van der Waals surface area contributed by atoms with Crippen molar-refractivity contribution in [2.45, 2.75) is 0 Å². The number of aromatic nitrogens is 2. The molecule has 0 radical (unpaired) electrons. The summed E-state index contributed by atoms with van der Waals surface area (Å²) in [6, 6.07) is 0. The molecule has 0 N–H and O–H groups in total. The molecule has 0 aliphatic rings. The van der Waals surface area contributed by atoms with Gasteiger partial charge in [0.05, 0.1) is 14.3 Å². The maximum absolute atomic E-state index is 6.77. The third-order valence-electron chi connectivity index (χ3n) is 0.745. The minimum atomic E-state index is -1.36. The molecule has 0 aromatic carbocycles. The summed E-state index contributed by atoms with van der Waals surface area (Å²) in [6.45, 7) is 0. The fourth-order valence-electron chi connectivity index (χ4n) is 0.388. The van der Waals surface area contributed by atoms with E-state index >= 15 is 0 Å². The molecule has 0 saturated carbocycles. The summed E-state index contributed by atoms with van der Waals surface area (Å²) >= 11 is 3.11. The van der Waals surface area contributed by atoms with Crippen LogP contribution in [0.4, 0.5) is 0 Å². The average Bonchev–Trinajstić information content (AvgIpc) is 1.93. The van der Waals surface area contributed by atoms with Crippen molar-refractivity contribution in [2.24, 2.45) is 0 Å². The van der Waals surface area contributed by atoms with Crippen molar-refractivity contribution in [1.29, 1.82) is 0 Å². The van der Waals surface area contributed by atoms with Crippen LogP contribution in [0.25, 0.3) is 0 Å². The topological polar surface area (TPSA) is 35.0 Å². The number of ether oxygens (including phenoxy) is 1. The van der Waals surface area contributed by atoms with Crippen molar-refractivity contribution in [3.8, 4) is 5.88 Å². The molecular weight excluding hydrogens is 184 g/mol. The molecule has 0 atom stereocenters. The summed E-state index contributed by atoms with van der Waals surface area (Å²) in [6.07, 6.45) is 2.78. The predicted molar refractivity (Wildman–Crippen MR) is 36.3 cm³/mol. The van der Waals surface area contributed by atoms with E-state index in [2.05, 4.69) is 30.6 Å². The maximum Gasteiger partial charge on any atom is 0.230 e. The molecular formula is C5H5BrN2O. The van der Waals surface area contributed by atoms with Gasteiger partial charge in [-0.1, -0.05) is 0 Å². The Hall–Kier alpha value is -0.640. The zero-order valence-electron chi connectivity index (χ0n) is 6.41. The molecule has 0 amide bonds. The molecule has 0 unspecified atom stereocenters. The molecule has 4 heteroatoms. The Kier molecular flexibility index (Phi) is 1.30. The van der Waals surface area contributed by atoms with Crippen LogP contribution < -0.4 is 4.74 Å². The zero-order chi connectivity index (χ0) is 8.27. The minimum absolute atomic E-state index is 0.218. The number of hydrogen-bond acceptors (Lipinski definition) is 3. The smallest absolute Gasteiger partial charge is 0.230 e. The predicted octanol–water partition coefficient (Wildman–Crippen LogP) is 1.25. The van der Waals surface area contributed by atoms with Gasteiger partial charge in [-0.3, -0.25) is 0 Å². The van der Waals surface area contributed by atoms with E-state index in [0.29, 0.717) is 4.47 Å². The second kappa shape index (κ2) is 2.77. The molecule has 9 heavy (non-hydrogen) atoms. The molecule has 1 aromatic heterocycles. The summed E-state index contributed by atoms with van der Waals surface area (Å²) in [5.74, 6) is 0.218. The standard InChI is InChI=1S/C5H5BrN2O/c1-9-5-4(6)2-7-3-8-5/h2-3H,1H3/i1D2. The fourth-order valence-corrected chi connectivity index (χ4v) is 0.702. The zero-order valence-corrected chi connectivity index (χ0v) is 6.00. The average molecular weight is 191 g/mol. The van der Waals surface area contributed by atoms with Crippen LogP contribution in [0.5, 0.6) is 5.88 Å². The Morgan fingerprint density at radius 1 is 1.89 bits per heavy atom. The Morgan fingerprint density at radius 3 is 3.44 bits per heavy atom. The van der Waals surface area contributed by atoms with Crippen LogP contribution in [0.3, 0.4) is 0 Å². The van der Waals surface area contributed by atoms with E-state index in [1.54, 1.807) is 0 Å². The van der Waals surface area contributed by atoms with Crippen LogP contribution in [-0.4, -0.2) is 17.0 Å². The van der Waals surface area contributed by atoms with Gasteiger partial charge in [-0.15, -0.1) is 0 Å². The molecule has 0 fully saturated rings. The second-order valence-corrected chi connectivity index (χ2v) is 2.15. The summed E-state index contributed by atoms with van der Waals surface area (Å²) < 4.78 is 18.8. The van der Waals surface area contributed by atoms with Gasteiger partial charge in [0.15, 0.2) is 0 Å². The number of hydrogen-bond donors (Lipinski definition) is 0. The van der Waals surface area contributed by atoms with Gasteiger partial charge in [0.25, 0.3) is 0 Å². The van der Waals surface area contributed by atoms with Crippen molar-refractivity contribution in [3.05, 3.63) is 17.0 Å². The van der Waals surface area contributed by atoms with Crippen LogP contribution in [0.2, 0.25) is 0 Å². The van der Waals surface area contributed by atoms with Gasteiger partial charge in [0, 0.05) is 6.20 Å². The SMILES string of the molecule is [2H]C([2H])Oc1ncncc1Br. The molecule has 1 heterocycles. The Bertz CT molecular complexity index is 246. The van der Waals surface area contributed by atoms with Crippen molar-refractivity contribution in [2.75, 3.05) is 7.06 Å². The highest BCUT2D eigenvalue weighted by Crippen LogP contribution is 2.18. The van der Waals surface area contributed by atoms with Crippen LogP contribution in [0.15, 0.2) is 17.0 Å². The summed E-state index contributed by atoms with van der Waals surface area (Å²) in [4.78, 5) is 7.39. The first-order valence-corrected chi connectivity index (χ1v) is 2.96. The lowest BCUT2D eigenvalue weighted by Crippen LogP contribution is -1.88. The number of rotatable bonds is 1. The lowest BCUT2D eigenvalue weighted by Gasteiger charge is -1.96. The monoisotopic (exact) mass is 190 g/mol. The second-order valence-electron chi connectivity index (χ2n) is 1.29. The first-order valence-electron chi connectivity index (χ1n) is 3.32. The van der Waals surface area contributed by atoms with Gasteiger partial charge in [0.2, 0.25) is 5.88 Å². The lowest BCUT2D eigenvalue weighted by atomic mass is 10.6. The molecule has 0 saturated heterocycles. The molecule has 0 spiro atoms. The highest BCUT2D eigenvalue weighted by Gasteiger charge is 1.96. The van der Waals surface area contributed by atoms with Gasteiger partial charge >= 0.3 is 0 Å². The quantitative estimate of drug-likeness (QED) is 0.669. The van der Waals surface area contributed by atoms with Crippen molar-refractivity contribution >= 4 is 15.9 Å². The Morgan fingerprint density at radius 2 is 2.78 bits per heavy atom. The largest absolute Gasteiger partial charge is 0.480 e. The van der Waals surface area contributed by atoms with Crippen LogP contribution in [0.1, 0.15) is 2.74 Å². The van der Waals surface area contributed by atoms with E-state index in [-0.39, 0.29) is 5.88 Å². The Balaban J connectivity index is 2.78. The van der Waals surface area contributed by atoms with Crippen molar-refractivity contribution in [1.82, 2.24) is 9.97 Å². The number of nitrogens with zero attached hydrogens (tertiary/aromatic N) is 2. The summed E-state index contributed by atoms with van der Waals surface area (Å²) in [5.41, 5.74) is 0. The van der Waals surface area contributed by atoms with Gasteiger partial charge in [-0.05, 0) is 15.9 Å². The minimum Gasteiger partial charge on any atom is -0.480 e. The number of methoxy groups -OCH3 is 1. The molecule has 1 aromatic rings. The first kappa shape index (κ1) is 4.22. The van der Waals surface area contributed by atoms with Crippen LogP contribution in [-0.2, 0) is 0 Å². The Labute approximate surface area is 64.0 Å². The third kappa shape index (κ3) is 1.38. The van der Waals surface area contributed by atoms with Gasteiger partial charge in [0.1, 0.15) is 6.33 Å². The lowest BCUT2D eigenvalue weighted by molar-refractivity contribution is 0.394. The van der Waals surface area contributed by atoms with Crippen LogP contribution >= 0.6 is 15.9 Å². The highest BCUT2D eigenvalue weighted by atomic mass is 79.9.